The van der Waals surface area contributed by atoms with E-state index in [2.05, 4.69) is 15.0 Å². The Labute approximate surface area is 165 Å². The van der Waals surface area contributed by atoms with Crippen molar-refractivity contribution in [2.45, 2.75) is 18.1 Å². The molecule has 0 saturated carbocycles. The molecule has 0 bridgehead atoms. The zero-order valence-corrected chi connectivity index (χ0v) is 16.4. The van der Waals surface area contributed by atoms with Gasteiger partial charge >= 0.3 is 5.97 Å². The average Bonchev–Trinajstić information content (AvgIpc) is 2.98. The van der Waals surface area contributed by atoms with E-state index in [1.54, 1.807) is 11.7 Å². The number of nitrogen functional groups attached to an aromatic ring is 1. The van der Waals surface area contributed by atoms with Crippen LogP contribution in [0.2, 0.25) is 0 Å². The molecule has 0 radical (unpaired) electrons. The van der Waals surface area contributed by atoms with Crippen molar-refractivity contribution in [3.63, 3.8) is 0 Å². The van der Waals surface area contributed by atoms with Crippen LogP contribution in [-0.2, 0) is 27.2 Å². The molecule has 1 aromatic carbocycles. The molecule has 10 heteroatoms. The molecule has 28 heavy (non-hydrogen) atoms. The number of imidazole rings is 1. The van der Waals surface area contributed by atoms with Crippen LogP contribution in [-0.4, -0.2) is 57.2 Å². The first-order valence-electron chi connectivity index (χ1n) is 8.51. The number of carbonyl (C=O) groups excluding carboxylic acids is 1. The van der Waals surface area contributed by atoms with Crippen LogP contribution in [0, 0.1) is 0 Å². The molecule has 2 heterocycles. The Morgan fingerprint density at radius 3 is 2.79 bits per heavy atom. The number of carbonyl (C=O) groups is 1. The van der Waals surface area contributed by atoms with Gasteiger partial charge in [0.05, 0.1) is 26.7 Å². The average molecular weight is 403 g/mol. The summed E-state index contributed by atoms with van der Waals surface area (Å²) >= 11 is 1.41. The summed E-state index contributed by atoms with van der Waals surface area (Å²) in [5.41, 5.74) is 8.49. The van der Waals surface area contributed by atoms with Gasteiger partial charge in [-0.05, 0) is 11.1 Å². The SMILES string of the molecule is COCCSc1nc(N)c2nc(O)n(Cc3cccc(CC(=O)OC)c3)c2n1. The molecule has 3 N–H and O–H groups in total. The van der Waals surface area contributed by atoms with E-state index in [-0.39, 0.29) is 24.2 Å². The first kappa shape index (κ1) is 19.9. The number of hydrogen-bond donors (Lipinski definition) is 2. The van der Waals surface area contributed by atoms with Gasteiger partial charge in [0.1, 0.15) is 0 Å². The number of thioether (sulfide) groups is 1. The smallest absolute Gasteiger partial charge is 0.309 e. The lowest BCUT2D eigenvalue weighted by molar-refractivity contribution is -0.139. The summed E-state index contributed by atoms with van der Waals surface area (Å²) in [5.74, 6) is 0.571. The van der Waals surface area contributed by atoms with Gasteiger partial charge in [-0.2, -0.15) is 4.98 Å². The molecule has 0 aliphatic carbocycles. The minimum Gasteiger partial charge on any atom is -0.480 e. The van der Waals surface area contributed by atoms with Gasteiger partial charge in [-0.15, -0.1) is 0 Å². The van der Waals surface area contributed by atoms with Gasteiger partial charge in [0.2, 0.25) is 0 Å². The zero-order valence-electron chi connectivity index (χ0n) is 15.6. The highest BCUT2D eigenvalue weighted by Crippen LogP contribution is 2.26. The van der Waals surface area contributed by atoms with Gasteiger partial charge in [0, 0.05) is 12.9 Å². The van der Waals surface area contributed by atoms with E-state index in [0.717, 1.165) is 11.1 Å². The molecule has 0 aliphatic rings. The number of hydrogen-bond acceptors (Lipinski definition) is 9. The van der Waals surface area contributed by atoms with E-state index < -0.39 is 0 Å². The molecule has 0 unspecified atom stereocenters. The van der Waals surface area contributed by atoms with Gasteiger partial charge in [-0.3, -0.25) is 9.36 Å². The Bertz CT molecular complexity index is 992. The number of ether oxygens (including phenoxy) is 2. The number of rotatable bonds is 8. The normalized spacial score (nSPS) is 11.1. The zero-order chi connectivity index (χ0) is 20.1. The fraction of sp³-hybridized carbons (Fsp3) is 0.333. The largest absolute Gasteiger partial charge is 0.480 e. The first-order chi connectivity index (χ1) is 13.5. The molecule has 0 atom stereocenters. The third-order valence-electron chi connectivity index (χ3n) is 4.01. The molecule has 0 fully saturated rings. The molecule has 0 aliphatic heterocycles. The molecular formula is C18H21N5O4S. The molecule has 0 saturated heterocycles. The van der Waals surface area contributed by atoms with E-state index in [0.29, 0.717) is 35.2 Å². The maximum atomic E-state index is 11.5. The van der Waals surface area contributed by atoms with Crippen molar-refractivity contribution >= 4 is 34.7 Å². The minimum absolute atomic E-state index is 0.177. The fourth-order valence-electron chi connectivity index (χ4n) is 2.68. The topological polar surface area (TPSA) is 125 Å². The van der Waals surface area contributed by atoms with E-state index in [4.69, 9.17) is 15.2 Å². The summed E-state index contributed by atoms with van der Waals surface area (Å²) in [6.07, 6.45) is 0.177. The van der Waals surface area contributed by atoms with Crippen LogP contribution >= 0.6 is 11.8 Å². The molecule has 3 rings (SSSR count). The van der Waals surface area contributed by atoms with Crippen molar-refractivity contribution in [1.82, 2.24) is 19.5 Å². The first-order valence-corrected chi connectivity index (χ1v) is 9.49. The minimum atomic E-state index is -0.314. The molecule has 9 nitrogen and oxygen atoms in total. The number of nitrogens with zero attached hydrogens (tertiary/aromatic N) is 4. The van der Waals surface area contributed by atoms with Crippen LogP contribution in [0.4, 0.5) is 5.82 Å². The van der Waals surface area contributed by atoms with Crippen LogP contribution in [0.25, 0.3) is 11.2 Å². The van der Waals surface area contributed by atoms with E-state index in [9.17, 15) is 9.90 Å². The van der Waals surface area contributed by atoms with Crippen LogP contribution in [0.3, 0.4) is 0 Å². The van der Waals surface area contributed by atoms with Gasteiger partial charge in [-0.1, -0.05) is 36.0 Å². The number of nitrogens with two attached hydrogens (primary N) is 1. The van der Waals surface area contributed by atoms with Crippen molar-refractivity contribution in [2.24, 2.45) is 0 Å². The van der Waals surface area contributed by atoms with E-state index in [1.165, 1.54) is 18.9 Å². The summed E-state index contributed by atoms with van der Waals surface area (Å²) in [6, 6.07) is 7.26. The monoisotopic (exact) mass is 403 g/mol. The Balaban J connectivity index is 1.91. The van der Waals surface area contributed by atoms with Gasteiger partial charge in [0.25, 0.3) is 6.01 Å². The third kappa shape index (κ3) is 4.52. The third-order valence-corrected chi connectivity index (χ3v) is 4.82. The summed E-state index contributed by atoms with van der Waals surface area (Å²) in [7, 11) is 2.98. The second-order valence-corrected chi connectivity index (χ2v) is 7.04. The standard InChI is InChI=1S/C18H21N5O4S/c1-26-6-7-28-17-21-15(19)14-16(22-17)23(18(25)20-14)10-12-5-3-4-11(8-12)9-13(24)27-2/h3-5,8H,6-7,9-10H2,1-2H3,(H,20,25)(H2,19,21,22). The predicted molar refractivity (Wildman–Crippen MR) is 105 cm³/mol. The molecule has 0 amide bonds. The summed E-state index contributed by atoms with van der Waals surface area (Å²) in [5, 5.41) is 10.8. The summed E-state index contributed by atoms with van der Waals surface area (Å²) in [6.45, 7) is 0.874. The van der Waals surface area contributed by atoms with Crippen molar-refractivity contribution in [3.05, 3.63) is 35.4 Å². The second-order valence-electron chi connectivity index (χ2n) is 5.98. The Morgan fingerprint density at radius 2 is 2.04 bits per heavy atom. The lowest BCUT2D eigenvalue weighted by Gasteiger charge is -2.08. The maximum Gasteiger partial charge on any atom is 0.309 e. The lowest BCUT2D eigenvalue weighted by Crippen LogP contribution is -2.06. The predicted octanol–water partition coefficient (Wildman–Crippen LogP) is 1.62. The van der Waals surface area contributed by atoms with Gasteiger partial charge < -0.3 is 20.3 Å². The summed E-state index contributed by atoms with van der Waals surface area (Å²) in [4.78, 5) is 24.3. The Morgan fingerprint density at radius 1 is 1.25 bits per heavy atom. The maximum absolute atomic E-state index is 11.5. The van der Waals surface area contributed by atoms with Crippen molar-refractivity contribution in [2.75, 3.05) is 32.3 Å². The number of methoxy groups -OCH3 is 2. The highest BCUT2D eigenvalue weighted by Gasteiger charge is 2.17. The highest BCUT2D eigenvalue weighted by molar-refractivity contribution is 7.99. The van der Waals surface area contributed by atoms with E-state index in [1.807, 2.05) is 24.3 Å². The number of benzene rings is 1. The van der Waals surface area contributed by atoms with Crippen LogP contribution < -0.4 is 5.73 Å². The second kappa shape index (κ2) is 8.89. The highest BCUT2D eigenvalue weighted by atomic mass is 32.2. The quantitative estimate of drug-likeness (QED) is 0.250. The summed E-state index contributed by atoms with van der Waals surface area (Å²) < 4.78 is 11.3. The van der Waals surface area contributed by atoms with Crippen molar-refractivity contribution in [1.29, 1.82) is 0 Å². The Hall–Kier alpha value is -2.85. The lowest BCUT2D eigenvalue weighted by atomic mass is 10.1. The van der Waals surface area contributed by atoms with Gasteiger partial charge in [0.15, 0.2) is 22.1 Å². The van der Waals surface area contributed by atoms with E-state index >= 15 is 0 Å². The molecule has 148 valence electrons. The molecule has 0 spiro atoms. The Kier molecular flexibility index (Phi) is 6.32. The van der Waals surface area contributed by atoms with Crippen LogP contribution in [0.15, 0.2) is 29.4 Å². The fourth-order valence-corrected chi connectivity index (χ4v) is 3.42. The number of esters is 1. The van der Waals surface area contributed by atoms with Crippen LogP contribution in [0.1, 0.15) is 11.1 Å². The molecular weight excluding hydrogens is 382 g/mol. The van der Waals surface area contributed by atoms with Crippen molar-refractivity contribution < 1.29 is 19.4 Å². The number of aromatic hydroxyl groups is 1. The molecule has 3 aromatic rings. The van der Waals surface area contributed by atoms with Crippen molar-refractivity contribution in [3.8, 4) is 6.01 Å². The number of fused-ring (bicyclic) bond motifs is 1. The molecule has 2 aromatic heterocycles. The number of aromatic nitrogens is 4. The van der Waals surface area contributed by atoms with Gasteiger partial charge in [-0.25, -0.2) is 9.97 Å². The van der Waals surface area contributed by atoms with Crippen LogP contribution in [0.5, 0.6) is 6.01 Å². The number of anilines is 1.